The minimum Gasteiger partial charge on any atom is -0.480 e. The Morgan fingerprint density at radius 1 is 0.846 bits per heavy atom. The van der Waals surface area contributed by atoms with Gasteiger partial charge in [0.25, 0.3) is 5.91 Å². The molecule has 204 valence electrons. The number of aliphatic carboxylic acids is 1. The SMILES string of the molecule is CC(C)(C)c1ccc(C(=O)NC(Cc2ccc(OC(=O)c3ccc(N4CCCCC4)cc3)cc2)C(=O)O)cc1. The first-order chi connectivity index (χ1) is 18.6. The first-order valence-corrected chi connectivity index (χ1v) is 13.4. The van der Waals surface area contributed by atoms with Crippen LogP contribution in [0.4, 0.5) is 5.69 Å². The molecule has 1 aliphatic heterocycles. The van der Waals surface area contributed by atoms with Crippen molar-refractivity contribution in [1.82, 2.24) is 5.32 Å². The lowest BCUT2D eigenvalue weighted by Gasteiger charge is -2.28. The molecular formula is C32H36N2O5. The summed E-state index contributed by atoms with van der Waals surface area (Å²) in [6.45, 7) is 8.33. The fourth-order valence-electron chi connectivity index (χ4n) is 4.62. The molecule has 3 aromatic carbocycles. The summed E-state index contributed by atoms with van der Waals surface area (Å²) in [4.78, 5) is 39.5. The zero-order valence-corrected chi connectivity index (χ0v) is 22.8. The van der Waals surface area contributed by atoms with Crippen LogP contribution in [0.2, 0.25) is 0 Å². The Hall–Kier alpha value is -4.13. The number of nitrogens with one attached hydrogen (secondary N) is 1. The summed E-state index contributed by atoms with van der Waals surface area (Å²) in [6.07, 6.45) is 3.72. The number of rotatable bonds is 8. The second-order valence-electron chi connectivity index (χ2n) is 11.0. The maximum Gasteiger partial charge on any atom is 0.343 e. The van der Waals surface area contributed by atoms with Crippen molar-refractivity contribution in [2.45, 2.75) is 57.9 Å². The summed E-state index contributed by atoms with van der Waals surface area (Å²) >= 11 is 0. The highest BCUT2D eigenvalue weighted by molar-refractivity contribution is 5.96. The zero-order chi connectivity index (χ0) is 28.0. The number of piperidine rings is 1. The maximum absolute atomic E-state index is 12.7. The van der Waals surface area contributed by atoms with Crippen molar-refractivity contribution in [1.29, 1.82) is 0 Å². The Kier molecular flexibility index (Phi) is 8.69. The summed E-state index contributed by atoms with van der Waals surface area (Å²) in [6, 6.07) is 20.2. The highest BCUT2D eigenvalue weighted by atomic mass is 16.5. The van der Waals surface area contributed by atoms with E-state index in [1.54, 1.807) is 48.5 Å². The molecule has 0 spiro atoms. The average Bonchev–Trinajstić information content (AvgIpc) is 2.93. The van der Waals surface area contributed by atoms with Crippen molar-refractivity contribution in [3.05, 3.63) is 95.1 Å². The van der Waals surface area contributed by atoms with E-state index in [2.05, 4.69) is 31.0 Å². The molecule has 0 aliphatic carbocycles. The van der Waals surface area contributed by atoms with Gasteiger partial charge in [-0.3, -0.25) is 4.79 Å². The van der Waals surface area contributed by atoms with Gasteiger partial charge in [-0.2, -0.15) is 0 Å². The van der Waals surface area contributed by atoms with Crippen LogP contribution >= 0.6 is 0 Å². The van der Waals surface area contributed by atoms with E-state index in [1.807, 2.05) is 24.3 Å². The highest BCUT2D eigenvalue weighted by Crippen LogP contribution is 2.23. The van der Waals surface area contributed by atoms with Gasteiger partial charge in [-0.25, -0.2) is 9.59 Å². The van der Waals surface area contributed by atoms with Crippen molar-refractivity contribution in [3.8, 4) is 5.75 Å². The molecule has 2 N–H and O–H groups in total. The summed E-state index contributed by atoms with van der Waals surface area (Å²) in [5.74, 6) is -1.67. The molecule has 4 rings (SSSR count). The van der Waals surface area contributed by atoms with Gasteiger partial charge in [-0.15, -0.1) is 0 Å². The van der Waals surface area contributed by atoms with E-state index in [1.165, 1.54) is 19.3 Å². The van der Waals surface area contributed by atoms with E-state index in [-0.39, 0.29) is 11.8 Å². The van der Waals surface area contributed by atoms with Crippen LogP contribution in [0.3, 0.4) is 0 Å². The minimum absolute atomic E-state index is 0.0451. The number of hydrogen-bond acceptors (Lipinski definition) is 5. The van der Waals surface area contributed by atoms with Crippen LogP contribution in [0.25, 0.3) is 0 Å². The molecule has 1 amide bonds. The predicted octanol–water partition coefficient (Wildman–Crippen LogP) is 5.62. The molecule has 7 nitrogen and oxygen atoms in total. The third kappa shape index (κ3) is 7.47. The fourth-order valence-corrected chi connectivity index (χ4v) is 4.62. The lowest BCUT2D eigenvalue weighted by molar-refractivity contribution is -0.139. The lowest BCUT2D eigenvalue weighted by Crippen LogP contribution is -2.42. The van der Waals surface area contributed by atoms with Gasteiger partial charge in [0.2, 0.25) is 0 Å². The molecule has 1 atom stereocenters. The van der Waals surface area contributed by atoms with E-state index in [0.717, 1.165) is 24.3 Å². The first-order valence-electron chi connectivity index (χ1n) is 13.4. The molecule has 1 saturated heterocycles. The van der Waals surface area contributed by atoms with Gasteiger partial charge in [0.05, 0.1) is 5.56 Å². The number of ether oxygens (including phenoxy) is 1. The molecule has 0 aromatic heterocycles. The van der Waals surface area contributed by atoms with E-state index >= 15 is 0 Å². The number of esters is 1. The molecule has 39 heavy (non-hydrogen) atoms. The summed E-state index contributed by atoms with van der Waals surface area (Å²) < 4.78 is 5.51. The van der Waals surface area contributed by atoms with Gasteiger partial charge in [-0.05, 0) is 84.3 Å². The number of nitrogens with zero attached hydrogens (tertiary/aromatic N) is 1. The molecule has 1 unspecified atom stereocenters. The Bertz CT molecular complexity index is 1290. The van der Waals surface area contributed by atoms with Crippen LogP contribution in [0.15, 0.2) is 72.8 Å². The summed E-state index contributed by atoms with van der Waals surface area (Å²) in [5.41, 5.74) is 3.71. The van der Waals surface area contributed by atoms with Gasteiger partial charge in [0.1, 0.15) is 11.8 Å². The number of carbonyl (C=O) groups excluding carboxylic acids is 2. The molecular weight excluding hydrogens is 492 g/mol. The van der Waals surface area contributed by atoms with E-state index < -0.39 is 23.9 Å². The molecule has 7 heteroatoms. The van der Waals surface area contributed by atoms with E-state index in [4.69, 9.17) is 4.74 Å². The molecule has 0 saturated carbocycles. The van der Waals surface area contributed by atoms with E-state index in [0.29, 0.717) is 22.4 Å². The Morgan fingerprint density at radius 3 is 2.00 bits per heavy atom. The van der Waals surface area contributed by atoms with Gasteiger partial charge >= 0.3 is 11.9 Å². The number of carboxylic acid groups (broad SMARTS) is 1. The molecule has 1 aliphatic rings. The number of hydrogen-bond donors (Lipinski definition) is 2. The third-order valence-electron chi connectivity index (χ3n) is 7.01. The topological polar surface area (TPSA) is 95.9 Å². The van der Waals surface area contributed by atoms with Gasteiger partial charge in [-0.1, -0.05) is 45.0 Å². The van der Waals surface area contributed by atoms with Crippen LogP contribution in [-0.4, -0.2) is 42.1 Å². The number of anilines is 1. The number of benzene rings is 3. The second kappa shape index (κ2) is 12.2. The molecule has 1 fully saturated rings. The molecule has 0 bridgehead atoms. The van der Waals surface area contributed by atoms with Crippen LogP contribution in [0.1, 0.15) is 71.9 Å². The Balaban J connectivity index is 1.33. The fraction of sp³-hybridized carbons (Fsp3) is 0.344. The summed E-state index contributed by atoms with van der Waals surface area (Å²) in [7, 11) is 0. The van der Waals surface area contributed by atoms with Crippen LogP contribution in [0, 0.1) is 0 Å². The highest BCUT2D eigenvalue weighted by Gasteiger charge is 2.22. The van der Waals surface area contributed by atoms with Crippen molar-refractivity contribution < 1.29 is 24.2 Å². The quantitative estimate of drug-likeness (QED) is 0.291. The number of amides is 1. The van der Waals surface area contributed by atoms with Crippen molar-refractivity contribution in [2.24, 2.45) is 0 Å². The normalized spacial score (nSPS) is 14.4. The van der Waals surface area contributed by atoms with Gasteiger partial charge in [0, 0.05) is 30.8 Å². The number of carboxylic acids is 1. The van der Waals surface area contributed by atoms with E-state index in [9.17, 15) is 19.5 Å². The largest absolute Gasteiger partial charge is 0.480 e. The minimum atomic E-state index is -1.13. The first kappa shape index (κ1) is 27.9. The van der Waals surface area contributed by atoms with Crippen molar-refractivity contribution in [2.75, 3.05) is 18.0 Å². The summed E-state index contributed by atoms with van der Waals surface area (Å²) in [5, 5.41) is 12.3. The van der Waals surface area contributed by atoms with Crippen LogP contribution < -0.4 is 15.0 Å². The molecule has 0 radical (unpaired) electrons. The second-order valence-corrected chi connectivity index (χ2v) is 11.0. The smallest absolute Gasteiger partial charge is 0.343 e. The molecule has 3 aromatic rings. The van der Waals surface area contributed by atoms with Crippen LogP contribution in [-0.2, 0) is 16.6 Å². The Labute approximate surface area is 229 Å². The standard InChI is InChI=1S/C32H36N2O5/c1-32(2,3)25-13-9-23(10-14-25)29(35)33-28(30(36)37)21-22-7-17-27(18-8-22)39-31(38)24-11-15-26(16-12-24)34-19-5-4-6-20-34/h7-18,28H,4-6,19-21H2,1-3H3,(H,33,35)(H,36,37). The van der Waals surface area contributed by atoms with Gasteiger partial charge < -0.3 is 20.1 Å². The number of carbonyl (C=O) groups is 3. The lowest BCUT2D eigenvalue weighted by atomic mass is 9.86. The average molecular weight is 529 g/mol. The third-order valence-corrected chi connectivity index (χ3v) is 7.01. The Morgan fingerprint density at radius 2 is 1.44 bits per heavy atom. The van der Waals surface area contributed by atoms with Gasteiger partial charge in [0.15, 0.2) is 0 Å². The van der Waals surface area contributed by atoms with Crippen molar-refractivity contribution in [3.63, 3.8) is 0 Å². The zero-order valence-electron chi connectivity index (χ0n) is 22.8. The van der Waals surface area contributed by atoms with Crippen molar-refractivity contribution >= 4 is 23.5 Å². The molecule has 1 heterocycles. The van der Waals surface area contributed by atoms with Crippen LogP contribution in [0.5, 0.6) is 5.75 Å². The maximum atomic E-state index is 12.7. The monoisotopic (exact) mass is 528 g/mol. The predicted molar refractivity (Wildman–Crippen MR) is 152 cm³/mol.